The minimum absolute atomic E-state index is 0.334. The first kappa shape index (κ1) is 14.6. The van der Waals surface area contributed by atoms with Crippen molar-refractivity contribution in [3.8, 4) is 0 Å². The zero-order valence-electron chi connectivity index (χ0n) is 12.8. The van der Waals surface area contributed by atoms with E-state index >= 15 is 0 Å². The van der Waals surface area contributed by atoms with Crippen LogP contribution in [0.4, 0.5) is 11.8 Å². The molecule has 2 aromatic rings. The molecule has 0 unspecified atom stereocenters. The van der Waals surface area contributed by atoms with Gasteiger partial charge in [-0.25, -0.2) is 19.9 Å². The Morgan fingerprint density at radius 3 is 2.78 bits per heavy atom. The predicted octanol–water partition coefficient (Wildman–Crippen LogP) is 2.76. The number of piperidine rings is 1. The van der Waals surface area contributed by atoms with Gasteiger partial charge in [0.25, 0.3) is 0 Å². The van der Waals surface area contributed by atoms with Gasteiger partial charge in [0.2, 0.25) is 5.95 Å². The lowest BCUT2D eigenvalue weighted by molar-refractivity contribution is 0.498. The van der Waals surface area contributed by atoms with Crippen molar-refractivity contribution in [3.63, 3.8) is 0 Å². The van der Waals surface area contributed by atoms with Crippen molar-refractivity contribution in [3.05, 3.63) is 35.0 Å². The number of anilines is 2. The molecule has 1 saturated carbocycles. The average molecular weight is 331 g/mol. The number of hydrogen-bond acceptors (Lipinski definition) is 6. The van der Waals surface area contributed by atoms with Crippen LogP contribution < -0.4 is 10.6 Å². The van der Waals surface area contributed by atoms with E-state index in [1.165, 1.54) is 12.8 Å². The molecule has 0 spiro atoms. The Balaban J connectivity index is 1.57. The smallest absolute Gasteiger partial charge is 0.220 e. The first-order chi connectivity index (χ1) is 11.2. The van der Waals surface area contributed by atoms with Crippen LogP contribution in [-0.4, -0.2) is 33.0 Å². The fourth-order valence-corrected chi connectivity index (χ4v) is 3.34. The molecular formula is C16H19ClN6. The van der Waals surface area contributed by atoms with Crippen LogP contribution in [0.25, 0.3) is 0 Å². The summed E-state index contributed by atoms with van der Waals surface area (Å²) in [6.07, 6.45) is 6.25. The molecule has 2 aliphatic rings. The molecule has 7 heteroatoms. The van der Waals surface area contributed by atoms with Crippen LogP contribution in [0.3, 0.4) is 0 Å². The average Bonchev–Trinajstić information content (AvgIpc) is 3.39. The van der Waals surface area contributed by atoms with Crippen LogP contribution in [-0.2, 0) is 0 Å². The van der Waals surface area contributed by atoms with E-state index in [9.17, 15) is 0 Å². The van der Waals surface area contributed by atoms with Gasteiger partial charge < -0.3 is 10.6 Å². The summed E-state index contributed by atoms with van der Waals surface area (Å²) in [6, 6.07) is 3.82. The molecule has 23 heavy (non-hydrogen) atoms. The monoisotopic (exact) mass is 330 g/mol. The van der Waals surface area contributed by atoms with Gasteiger partial charge in [-0.3, -0.25) is 0 Å². The molecule has 4 rings (SSSR count). The highest BCUT2D eigenvalue weighted by Gasteiger charge is 2.29. The van der Waals surface area contributed by atoms with Gasteiger partial charge in [0.05, 0.1) is 5.69 Å². The van der Waals surface area contributed by atoms with Crippen LogP contribution in [0, 0.1) is 0 Å². The van der Waals surface area contributed by atoms with Crippen LogP contribution in [0.15, 0.2) is 18.3 Å². The highest BCUT2D eigenvalue weighted by atomic mass is 35.5. The number of hydrogen-bond donors (Lipinski definition) is 1. The number of halogens is 1. The van der Waals surface area contributed by atoms with Crippen molar-refractivity contribution in [2.45, 2.75) is 37.5 Å². The fourth-order valence-electron chi connectivity index (χ4n) is 3.15. The SMILES string of the molecule is Nc1nccc([C@H]2CCCN(c3cc(Cl)nc(C4CC4)n3)C2)n1. The van der Waals surface area contributed by atoms with Gasteiger partial charge >= 0.3 is 0 Å². The summed E-state index contributed by atoms with van der Waals surface area (Å²) in [6.45, 7) is 1.85. The zero-order chi connectivity index (χ0) is 15.8. The van der Waals surface area contributed by atoms with Gasteiger partial charge in [-0.05, 0) is 31.7 Å². The second-order valence-electron chi connectivity index (χ2n) is 6.31. The third kappa shape index (κ3) is 3.22. The maximum Gasteiger partial charge on any atom is 0.220 e. The Kier molecular flexibility index (Phi) is 3.77. The molecule has 0 radical (unpaired) electrons. The van der Waals surface area contributed by atoms with E-state index in [0.717, 1.165) is 43.3 Å². The van der Waals surface area contributed by atoms with Gasteiger partial charge in [0.15, 0.2) is 0 Å². The molecule has 120 valence electrons. The molecule has 6 nitrogen and oxygen atoms in total. The Morgan fingerprint density at radius 2 is 2.00 bits per heavy atom. The van der Waals surface area contributed by atoms with E-state index in [0.29, 0.717) is 22.9 Å². The molecular weight excluding hydrogens is 312 g/mol. The molecule has 2 fully saturated rings. The third-order valence-corrected chi connectivity index (χ3v) is 4.69. The summed E-state index contributed by atoms with van der Waals surface area (Å²) < 4.78 is 0. The van der Waals surface area contributed by atoms with Gasteiger partial charge in [0, 0.05) is 37.2 Å². The largest absolute Gasteiger partial charge is 0.368 e. The van der Waals surface area contributed by atoms with Gasteiger partial charge in [0.1, 0.15) is 16.8 Å². The molecule has 2 N–H and O–H groups in total. The maximum atomic E-state index is 6.20. The normalized spacial score (nSPS) is 21.4. The predicted molar refractivity (Wildman–Crippen MR) is 89.6 cm³/mol. The lowest BCUT2D eigenvalue weighted by Gasteiger charge is -2.33. The first-order valence-corrected chi connectivity index (χ1v) is 8.44. The van der Waals surface area contributed by atoms with Crippen molar-refractivity contribution in [2.24, 2.45) is 0 Å². The number of rotatable bonds is 3. The highest BCUT2D eigenvalue weighted by molar-refractivity contribution is 6.29. The Bertz CT molecular complexity index is 717. The lowest BCUT2D eigenvalue weighted by Crippen LogP contribution is -2.35. The molecule has 1 aliphatic heterocycles. The van der Waals surface area contributed by atoms with E-state index in [1.807, 2.05) is 12.1 Å². The minimum Gasteiger partial charge on any atom is -0.368 e. The summed E-state index contributed by atoms with van der Waals surface area (Å²) in [5.74, 6) is 2.99. The Morgan fingerprint density at radius 1 is 1.13 bits per heavy atom. The van der Waals surface area contributed by atoms with Crippen LogP contribution >= 0.6 is 11.6 Å². The third-order valence-electron chi connectivity index (χ3n) is 4.50. The van der Waals surface area contributed by atoms with E-state index in [2.05, 4.69) is 19.9 Å². The van der Waals surface area contributed by atoms with Crippen LogP contribution in [0.5, 0.6) is 0 Å². The Labute approximate surface area is 140 Å². The van der Waals surface area contributed by atoms with E-state index in [-0.39, 0.29) is 0 Å². The van der Waals surface area contributed by atoms with Crippen molar-refractivity contribution in [2.75, 3.05) is 23.7 Å². The highest BCUT2D eigenvalue weighted by Crippen LogP contribution is 2.39. The summed E-state index contributed by atoms with van der Waals surface area (Å²) >= 11 is 6.20. The van der Waals surface area contributed by atoms with Gasteiger partial charge in [-0.15, -0.1) is 0 Å². The summed E-state index contributed by atoms with van der Waals surface area (Å²) in [5.41, 5.74) is 6.72. The lowest BCUT2D eigenvalue weighted by atomic mass is 9.94. The topological polar surface area (TPSA) is 80.8 Å². The van der Waals surface area contributed by atoms with E-state index < -0.39 is 0 Å². The summed E-state index contributed by atoms with van der Waals surface area (Å²) in [5, 5.41) is 0.533. The number of aromatic nitrogens is 4. The summed E-state index contributed by atoms with van der Waals surface area (Å²) in [4.78, 5) is 19.7. The first-order valence-electron chi connectivity index (χ1n) is 8.07. The molecule has 0 bridgehead atoms. The van der Waals surface area contributed by atoms with Crippen molar-refractivity contribution >= 4 is 23.4 Å². The van der Waals surface area contributed by atoms with Gasteiger partial charge in [-0.2, -0.15) is 0 Å². The zero-order valence-corrected chi connectivity index (χ0v) is 13.6. The number of nitrogen functional groups attached to an aromatic ring is 1. The van der Waals surface area contributed by atoms with E-state index in [4.69, 9.17) is 22.3 Å². The molecule has 1 aliphatic carbocycles. The maximum absolute atomic E-state index is 6.20. The molecule has 1 saturated heterocycles. The standard InChI is InChI=1S/C16H19ClN6/c17-13-8-14(22-15(21-13)10-3-4-10)23-7-1-2-11(9-23)12-5-6-19-16(18)20-12/h5-6,8,10-11H,1-4,7,9H2,(H2,18,19,20)/t11-/m0/s1. The van der Waals surface area contributed by atoms with Crippen LogP contribution in [0.2, 0.25) is 5.15 Å². The molecule has 3 heterocycles. The van der Waals surface area contributed by atoms with E-state index in [1.54, 1.807) is 6.20 Å². The van der Waals surface area contributed by atoms with Gasteiger partial charge in [-0.1, -0.05) is 11.6 Å². The summed E-state index contributed by atoms with van der Waals surface area (Å²) in [7, 11) is 0. The second kappa shape index (κ2) is 5.92. The molecule has 1 atom stereocenters. The molecule has 0 amide bonds. The van der Waals surface area contributed by atoms with Crippen molar-refractivity contribution in [1.29, 1.82) is 0 Å². The quantitative estimate of drug-likeness (QED) is 0.871. The van der Waals surface area contributed by atoms with Crippen molar-refractivity contribution < 1.29 is 0 Å². The Hall–Kier alpha value is -1.95. The molecule has 2 aromatic heterocycles. The molecule has 0 aromatic carbocycles. The minimum atomic E-state index is 0.334. The second-order valence-corrected chi connectivity index (χ2v) is 6.69. The number of nitrogens with zero attached hydrogens (tertiary/aromatic N) is 5. The van der Waals surface area contributed by atoms with Crippen molar-refractivity contribution in [1.82, 2.24) is 19.9 Å². The van der Waals surface area contributed by atoms with Crippen LogP contribution in [0.1, 0.15) is 49.0 Å². The fraction of sp³-hybridized carbons (Fsp3) is 0.500. The number of nitrogens with two attached hydrogens (primary N) is 1.